The second-order valence-electron chi connectivity index (χ2n) is 4.39. The normalized spacial score (nSPS) is 16.6. The van der Waals surface area contributed by atoms with Gasteiger partial charge in [-0.2, -0.15) is 0 Å². The summed E-state index contributed by atoms with van der Waals surface area (Å²) in [4.78, 5) is 0. The number of halogens is 2. The van der Waals surface area contributed by atoms with Gasteiger partial charge in [0.25, 0.3) is 0 Å². The van der Waals surface area contributed by atoms with Crippen molar-refractivity contribution in [2.45, 2.75) is 19.4 Å². The molecule has 0 saturated heterocycles. The standard InChI is InChI=1S/C14H12Cl2O2/c1-4-7-17-9-5-6-10-11(8-9)18-14(2,3)13(16)12(10)15/h1,5-6,8H,7H2,2-3H3. The zero-order valence-corrected chi connectivity index (χ0v) is 11.6. The van der Waals surface area contributed by atoms with E-state index in [1.54, 1.807) is 18.2 Å². The van der Waals surface area contributed by atoms with Gasteiger partial charge in [0.2, 0.25) is 0 Å². The Morgan fingerprint density at radius 1 is 1.39 bits per heavy atom. The molecule has 1 aromatic rings. The molecule has 0 atom stereocenters. The SMILES string of the molecule is C#CCOc1ccc2c(c1)OC(C)(C)C(Cl)=C2Cl. The van der Waals surface area contributed by atoms with Crippen LogP contribution in [0, 0.1) is 12.3 Å². The zero-order chi connectivity index (χ0) is 13.3. The van der Waals surface area contributed by atoms with E-state index in [9.17, 15) is 0 Å². The predicted octanol–water partition coefficient (Wildman–Crippen LogP) is 4.02. The van der Waals surface area contributed by atoms with Crippen molar-refractivity contribution in [2.75, 3.05) is 6.61 Å². The molecule has 0 unspecified atom stereocenters. The van der Waals surface area contributed by atoms with Crippen molar-refractivity contribution in [3.8, 4) is 23.8 Å². The minimum absolute atomic E-state index is 0.215. The van der Waals surface area contributed by atoms with Crippen LogP contribution in [0.15, 0.2) is 23.2 Å². The molecule has 1 aromatic carbocycles. The Kier molecular flexibility index (Phi) is 3.47. The highest BCUT2D eigenvalue weighted by atomic mass is 35.5. The van der Waals surface area contributed by atoms with Crippen LogP contribution in [-0.2, 0) is 0 Å². The van der Waals surface area contributed by atoms with Gasteiger partial charge in [0.1, 0.15) is 23.7 Å². The minimum Gasteiger partial charge on any atom is -0.481 e. The highest BCUT2D eigenvalue weighted by Gasteiger charge is 2.33. The molecule has 0 aromatic heterocycles. The number of benzene rings is 1. The molecule has 1 heterocycles. The number of hydrogen-bond donors (Lipinski definition) is 0. The molecule has 1 aliphatic rings. The second kappa shape index (κ2) is 4.76. The van der Waals surface area contributed by atoms with Crippen molar-refractivity contribution in [2.24, 2.45) is 0 Å². The molecule has 0 aliphatic carbocycles. The quantitative estimate of drug-likeness (QED) is 0.763. The third-order valence-electron chi connectivity index (χ3n) is 2.60. The summed E-state index contributed by atoms with van der Waals surface area (Å²) in [6.07, 6.45) is 5.15. The van der Waals surface area contributed by atoms with E-state index in [1.165, 1.54) is 0 Å². The van der Waals surface area contributed by atoms with Crippen LogP contribution in [0.3, 0.4) is 0 Å². The molecule has 2 nitrogen and oxygen atoms in total. The monoisotopic (exact) mass is 282 g/mol. The minimum atomic E-state index is -0.642. The first-order valence-electron chi connectivity index (χ1n) is 5.41. The average Bonchev–Trinajstić information content (AvgIpc) is 2.33. The van der Waals surface area contributed by atoms with E-state index in [0.717, 1.165) is 5.56 Å². The van der Waals surface area contributed by atoms with Gasteiger partial charge in [-0.1, -0.05) is 29.1 Å². The Hall–Kier alpha value is -1.30. The van der Waals surface area contributed by atoms with Gasteiger partial charge in [-0.3, -0.25) is 0 Å². The maximum Gasteiger partial charge on any atom is 0.148 e. The van der Waals surface area contributed by atoms with E-state index in [2.05, 4.69) is 5.92 Å². The summed E-state index contributed by atoms with van der Waals surface area (Å²) in [6.45, 7) is 3.93. The lowest BCUT2D eigenvalue weighted by molar-refractivity contribution is 0.153. The van der Waals surface area contributed by atoms with Crippen LogP contribution >= 0.6 is 23.2 Å². The summed E-state index contributed by atoms with van der Waals surface area (Å²) in [5.74, 6) is 3.69. The Labute approximate surface area is 116 Å². The lowest BCUT2D eigenvalue weighted by atomic mass is 10.0. The number of ether oxygens (including phenoxy) is 2. The summed E-state index contributed by atoms with van der Waals surface area (Å²) < 4.78 is 11.2. The molecule has 0 radical (unpaired) electrons. The molecule has 0 N–H and O–H groups in total. The van der Waals surface area contributed by atoms with Gasteiger partial charge in [0.15, 0.2) is 0 Å². The lowest BCUT2D eigenvalue weighted by Crippen LogP contribution is -2.32. The van der Waals surface area contributed by atoms with Crippen LogP contribution in [0.5, 0.6) is 11.5 Å². The molecule has 4 heteroatoms. The van der Waals surface area contributed by atoms with Gasteiger partial charge < -0.3 is 9.47 Å². The first-order valence-corrected chi connectivity index (χ1v) is 6.17. The van der Waals surface area contributed by atoms with Crippen molar-refractivity contribution in [1.29, 1.82) is 0 Å². The van der Waals surface area contributed by atoms with E-state index in [4.69, 9.17) is 39.1 Å². The van der Waals surface area contributed by atoms with Gasteiger partial charge in [0, 0.05) is 11.6 Å². The highest BCUT2D eigenvalue weighted by Crippen LogP contribution is 2.45. The van der Waals surface area contributed by atoms with E-state index < -0.39 is 5.60 Å². The molecule has 94 valence electrons. The van der Waals surface area contributed by atoms with Crippen LogP contribution in [0.25, 0.3) is 5.03 Å². The van der Waals surface area contributed by atoms with Crippen LogP contribution in [0.1, 0.15) is 19.4 Å². The molecule has 0 bridgehead atoms. The van der Waals surface area contributed by atoms with E-state index >= 15 is 0 Å². The molecule has 2 rings (SSSR count). The predicted molar refractivity (Wildman–Crippen MR) is 74.1 cm³/mol. The Balaban J connectivity index is 2.42. The third-order valence-corrected chi connectivity index (χ3v) is 3.73. The maximum absolute atomic E-state index is 6.23. The molecular formula is C14H12Cl2O2. The number of fused-ring (bicyclic) bond motifs is 1. The maximum atomic E-state index is 6.23. The van der Waals surface area contributed by atoms with Gasteiger partial charge >= 0.3 is 0 Å². The molecule has 1 aliphatic heterocycles. The van der Waals surface area contributed by atoms with E-state index in [1.807, 2.05) is 13.8 Å². The first-order chi connectivity index (χ1) is 8.45. The fourth-order valence-electron chi connectivity index (χ4n) is 1.69. The largest absolute Gasteiger partial charge is 0.481 e. The van der Waals surface area contributed by atoms with Gasteiger partial charge in [-0.15, -0.1) is 6.42 Å². The van der Waals surface area contributed by atoms with E-state index in [0.29, 0.717) is 21.6 Å². The van der Waals surface area contributed by atoms with Gasteiger partial charge in [-0.25, -0.2) is 0 Å². The first kappa shape index (κ1) is 13.1. The summed E-state index contributed by atoms with van der Waals surface area (Å²) in [5, 5.41) is 1.00. The summed E-state index contributed by atoms with van der Waals surface area (Å²) in [6, 6.07) is 5.35. The van der Waals surface area contributed by atoms with Crippen molar-refractivity contribution >= 4 is 28.2 Å². The van der Waals surface area contributed by atoms with Crippen molar-refractivity contribution < 1.29 is 9.47 Å². The van der Waals surface area contributed by atoms with Crippen molar-refractivity contribution in [1.82, 2.24) is 0 Å². The second-order valence-corrected chi connectivity index (χ2v) is 5.15. The average molecular weight is 283 g/mol. The summed E-state index contributed by atoms with van der Waals surface area (Å²) >= 11 is 12.4. The molecule has 0 amide bonds. The Morgan fingerprint density at radius 3 is 2.78 bits per heavy atom. The third kappa shape index (κ3) is 2.29. The smallest absolute Gasteiger partial charge is 0.148 e. The van der Waals surface area contributed by atoms with Crippen LogP contribution in [0.2, 0.25) is 0 Å². The van der Waals surface area contributed by atoms with Crippen LogP contribution < -0.4 is 9.47 Å². The number of terminal acetylenes is 1. The molecule has 0 spiro atoms. The molecule has 0 saturated carbocycles. The summed E-state index contributed by atoms with van der Waals surface area (Å²) in [7, 11) is 0. The van der Waals surface area contributed by atoms with Gasteiger partial charge in [0.05, 0.1) is 10.1 Å². The van der Waals surface area contributed by atoms with E-state index in [-0.39, 0.29) is 6.61 Å². The Bertz CT molecular complexity index is 553. The number of hydrogen-bond acceptors (Lipinski definition) is 2. The number of rotatable bonds is 2. The lowest BCUT2D eigenvalue weighted by Gasteiger charge is -2.32. The Morgan fingerprint density at radius 2 is 2.11 bits per heavy atom. The topological polar surface area (TPSA) is 18.5 Å². The van der Waals surface area contributed by atoms with Gasteiger partial charge in [-0.05, 0) is 26.0 Å². The fraction of sp³-hybridized carbons (Fsp3) is 0.286. The molecule has 18 heavy (non-hydrogen) atoms. The fourth-order valence-corrected chi connectivity index (χ4v) is 2.21. The summed E-state index contributed by atoms with van der Waals surface area (Å²) in [5.41, 5.74) is 0.116. The molecule has 0 fully saturated rings. The molecular weight excluding hydrogens is 271 g/mol. The highest BCUT2D eigenvalue weighted by molar-refractivity contribution is 6.55. The van der Waals surface area contributed by atoms with Crippen molar-refractivity contribution in [3.05, 3.63) is 28.8 Å². The van der Waals surface area contributed by atoms with Crippen LogP contribution in [-0.4, -0.2) is 12.2 Å². The van der Waals surface area contributed by atoms with Crippen LogP contribution in [0.4, 0.5) is 0 Å². The van der Waals surface area contributed by atoms with Crippen molar-refractivity contribution in [3.63, 3.8) is 0 Å². The zero-order valence-electron chi connectivity index (χ0n) is 10.1.